The van der Waals surface area contributed by atoms with Crippen molar-refractivity contribution in [3.8, 4) is 17.2 Å². The van der Waals surface area contributed by atoms with Crippen molar-refractivity contribution in [1.82, 2.24) is 29.5 Å². The Bertz CT molecular complexity index is 1280. The molecule has 0 radical (unpaired) electrons. The van der Waals surface area contributed by atoms with Crippen molar-refractivity contribution in [3.63, 3.8) is 0 Å². The molecule has 1 atom stereocenters. The molecule has 0 aromatic carbocycles. The Morgan fingerprint density at radius 2 is 2.00 bits per heavy atom. The van der Waals surface area contributed by atoms with E-state index in [0.29, 0.717) is 11.7 Å². The Hall–Kier alpha value is -3.41. The second-order valence-corrected chi connectivity index (χ2v) is 8.27. The standard InChI is InChI=1S/C24H26N8.ClH/c1-16(22-5-3-4-8-27-22)30-24-12-18(11-23-28-14-20(13-25)31(23)24)21-15-29-32(17(21)2)19-6-9-26-10-7-19;/h3-5,8,11-12,14-16,19,26,30H,6-7,9-10H2,1-2H3;1H/t16-;/m1./s1. The molecule has 5 heterocycles. The van der Waals surface area contributed by atoms with Crippen molar-refractivity contribution in [1.29, 1.82) is 5.26 Å². The van der Waals surface area contributed by atoms with Gasteiger partial charge in [-0.1, -0.05) is 6.07 Å². The summed E-state index contributed by atoms with van der Waals surface area (Å²) >= 11 is 0. The molecule has 0 unspecified atom stereocenters. The molecule has 33 heavy (non-hydrogen) atoms. The molecule has 4 aromatic rings. The van der Waals surface area contributed by atoms with Crippen LogP contribution in [0.15, 0.2) is 48.9 Å². The van der Waals surface area contributed by atoms with E-state index in [1.54, 1.807) is 12.4 Å². The minimum atomic E-state index is -0.0397. The van der Waals surface area contributed by atoms with Crippen molar-refractivity contribution in [2.24, 2.45) is 0 Å². The number of rotatable bonds is 5. The first-order chi connectivity index (χ1) is 15.7. The largest absolute Gasteiger partial charge is 0.363 e. The highest BCUT2D eigenvalue weighted by molar-refractivity contribution is 5.85. The number of pyridine rings is 2. The fourth-order valence-corrected chi connectivity index (χ4v) is 4.51. The lowest BCUT2D eigenvalue weighted by molar-refractivity contribution is 0.338. The maximum absolute atomic E-state index is 9.61. The summed E-state index contributed by atoms with van der Waals surface area (Å²) in [5.74, 6) is 0.804. The van der Waals surface area contributed by atoms with Gasteiger partial charge in [-0.15, -0.1) is 12.4 Å². The van der Waals surface area contributed by atoms with Gasteiger partial charge in [0, 0.05) is 17.5 Å². The molecule has 0 saturated carbocycles. The van der Waals surface area contributed by atoms with Crippen LogP contribution in [-0.4, -0.2) is 37.2 Å². The van der Waals surface area contributed by atoms with Gasteiger partial charge in [0.05, 0.1) is 30.2 Å². The van der Waals surface area contributed by atoms with E-state index in [0.717, 1.165) is 59.9 Å². The van der Waals surface area contributed by atoms with Crippen LogP contribution in [0.3, 0.4) is 0 Å². The summed E-state index contributed by atoms with van der Waals surface area (Å²) in [6, 6.07) is 12.6. The highest BCUT2D eigenvalue weighted by Gasteiger charge is 2.21. The highest BCUT2D eigenvalue weighted by Crippen LogP contribution is 2.32. The predicted octanol–water partition coefficient (Wildman–Crippen LogP) is 4.29. The van der Waals surface area contributed by atoms with Gasteiger partial charge in [-0.05, 0) is 69.6 Å². The van der Waals surface area contributed by atoms with Gasteiger partial charge in [0.25, 0.3) is 0 Å². The normalized spacial score (nSPS) is 15.1. The number of hydrogen-bond acceptors (Lipinski definition) is 6. The number of nitrogens with one attached hydrogen (secondary N) is 2. The summed E-state index contributed by atoms with van der Waals surface area (Å²) in [5.41, 5.74) is 5.41. The summed E-state index contributed by atoms with van der Waals surface area (Å²) in [6.07, 6.45) is 7.52. The van der Waals surface area contributed by atoms with Crippen LogP contribution >= 0.6 is 12.4 Å². The van der Waals surface area contributed by atoms with Gasteiger partial charge < -0.3 is 10.6 Å². The van der Waals surface area contributed by atoms with Crippen LogP contribution in [-0.2, 0) is 0 Å². The first-order valence-electron chi connectivity index (χ1n) is 11.0. The molecule has 170 valence electrons. The number of anilines is 1. The maximum Gasteiger partial charge on any atom is 0.146 e. The van der Waals surface area contributed by atoms with E-state index < -0.39 is 0 Å². The van der Waals surface area contributed by atoms with E-state index in [1.807, 2.05) is 34.9 Å². The average Bonchev–Trinajstić information content (AvgIpc) is 3.43. The Morgan fingerprint density at radius 1 is 1.18 bits per heavy atom. The van der Waals surface area contributed by atoms with E-state index in [-0.39, 0.29) is 18.4 Å². The third kappa shape index (κ3) is 4.30. The minimum absolute atomic E-state index is 0. The van der Waals surface area contributed by atoms with E-state index in [4.69, 9.17) is 5.10 Å². The number of aromatic nitrogens is 5. The summed E-state index contributed by atoms with van der Waals surface area (Å²) in [5, 5.41) is 21.3. The quantitative estimate of drug-likeness (QED) is 0.459. The zero-order chi connectivity index (χ0) is 22.1. The van der Waals surface area contributed by atoms with Gasteiger partial charge in [0.1, 0.15) is 23.2 Å². The minimum Gasteiger partial charge on any atom is -0.363 e. The molecule has 1 saturated heterocycles. The molecule has 1 aliphatic rings. The maximum atomic E-state index is 9.61. The van der Waals surface area contributed by atoms with Gasteiger partial charge in [-0.2, -0.15) is 10.4 Å². The van der Waals surface area contributed by atoms with Crippen LogP contribution < -0.4 is 10.6 Å². The van der Waals surface area contributed by atoms with Gasteiger partial charge in [0.2, 0.25) is 0 Å². The predicted molar refractivity (Wildman–Crippen MR) is 131 cm³/mol. The summed E-state index contributed by atoms with van der Waals surface area (Å²) in [6.45, 7) is 6.24. The van der Waals surface area contributed by atoms with Crippen LogP contribution in [0.25, 0.3) is 16.8 Å². The van der Waals surface area contributed by atoms with Gasteiger partial charge in [-0.25, -0.2) is 4.98 Å². The Balaban J connectivity index is 0.00000259. The van der Waals surface area contributed by atoms with E-state index in [2.05, 4.69) is 51.3 Å². The number of piperidine rings is 1. The molecule has 1 fully saturated rings. The summed E-state index contributed by atoms with van der Waals surface area (Å²) in [7, 11) is 0. The first-order valence-corrected chi connectivity index (χ1v) is 11.0. The molecule has 1 aliphatic heterocycles. The zero-order valence-corrected chi connectivity index (χ0v) is 19.5. The van der Waals surface area contributed by atoms with Crippen molar-refractivity contribution in [2.75, 3.05) is 18.4 Å². The fraction of sp³-hybridized carbons (Fsp3) is 0.333. The van der Waals surface area contributed by atoms with Crippen LogP contribution in [0.5, 0.6) is 0 Å². The van der Waals surface area contributed by atoms with E-state index >= 15 is 0 Å². The van der Waals surface area contributed by atoms with Gasteiger partial charge in [-0.3, -0.25) is 14.1 Å². The molecule has 0 bridgehead atoms. The molecule has 5 rings (SSSR count). The molecule has 0 aliphatic carbocycles. The van der Waals surface area contributed by atoms with Crippen LogP contribution in [0.4, 0.5) is 5.82 Å². The number of nitriles is 1. The number of hydrogen-bond donors (Lipinski definition) is 2. The van der Waals surface area contributed by atoms with Gasteiger partial charge >= 0.3 is 0 Å². The van der Waals surface area contributed by atoms with Crippen molar-refractivity contribution >= 4 is 23.9 Å². The molecule has 4 aromatic heterocycles. The smallest absolute Gasteiger partial charge is 0.146 e. The monoisotopic (exact) mass is 462 g/mol. The SMILES string of the molecule is Cc1c(-c2cc(N[C@H](C)c3ccccn3)n3c(C#N)cnc3c2)cnn1C1CCNCC1.Cl. The number of nitrogens with zero attached hydrogens (tertiary/aromatic N) is 6. The first kappa shape index (κ1) is 22.8. The highest BCUT2D eigenvalue weighted by atomic mass is 35.5. The fourth-order valence-electron chi connectivity index (χ4n) is 4.51. The lowest BCUT2D eigenvalue weighted by Gasteiger charge is -2.24. The molecular formula is C24H27ClN8. The molecule has 8 nitrogen and oxygen atoms in total. The third-order valence-electron chi connectivity index (χ3n) is 6.23. The van der Waals surface area contributed by atoms with Gasteiger partial charge in [0.15, 0.2) is 0 Å². The number of halogens is 1. The average molecular weight is 463 g/mol. The van der Waals surface area contributed by atoms with Crippen LogP contribution in [0.1, 0.15) is 48.9 Å². The molecule has 0 amide bonds. The van der Waals surface area contributed by atoms with E-state index in [1.165, 1.54) is 0 Å². The lowest BCUT2D eigenvalue weighted by Crippen LogP contribution is -2.30. The molecule has 9 heteroatoms. The molecule has 2 N–H and O–H groups in total. The Morgan fingerprint density at radius 3 is 2.73 bits per heavy atom. The van der Waals surface area contributed by atoms with E-state index in [9.17, 15) is 5.26 Å². The van der Waals surface area contributed by atoms with Crippen molar-refractivity contribution in [3.05, 3.63) is 66.0 Å². The number of imidazole rings is 1. The topological polar surface area (TPSA) is 95.9 Å². The Kier molecular flexibility index (Phi) is 6.63. The number of fused-ring (bicyclic) bond motifs is 1. The van der Waals surface area contributed by atoms with Crippen LogP contribution in [0, 0.1) is 18.3 Å². The molecular weight excluding hydrogens is 436 g/mol. The lowest BCUT2D eigenvalue weighted by atomic mass is 10.0. The second-order valence-electron chi connectivity index (χ2n) is 8.27. The summed E-state index contributed by atoms with van der Waals surface area (Å²) in [4.78, 5) is 8.96. The summed E-state index contributed by atoms with van der Waals surface area (Å²) < 4.78 is 4.02. The second kappa shape index (κ2) is 9.61. The zero-order valence-electron chi connectivity index (χ0n) is 18.7. The Labute approximate surface area is 199 Å². The van der Waals surface area contributed by atoms with Crippen LogP contribution in [0.2, 0.25) is 0 Å². The van der Waals surface area contributed by atoms with Crippen molar-refractivity contribution in [2.45, 2.75) is 38.8 Å². The third-order valence-corrected chi connectivity index (χ3v) is 6.23. The van der Waals surface area contributed by atoms with Crippen molar-refractivity contribution < 1.29 is 0 Å². The molecule has 0 spiro atoms.